The quantitative estimate of drug-likeness (QED) is 0.849. The Bertz CT molecular complexity index is 458. The van der Waals surface area contributed by atoms with Gasteiger partial charge in [0.1, 0.15) is 5.69 Å². The summed E-state index contributed by atoms with van der Waals surface area (Å²) in [5.74, 6) is -1.93. The Morgan fingerprint density at radius 3 is 2.63 bits per heavy atom. The van der Waals surface area contributed by atoms with Crippen LogP contribution in [-0.2, 0) is 0 Å². The second kappa shape index (κ2) is 5.56. The molecule has 2 atom stereocenters. The molecule has 2 N–H and O–H groups in total. The van der Waals surface area contributed by atoms with Crippen LogP contribution < -0.4 is 5.32 Å². The Hall–Kier alpha value is -0.980. The molecule has 1 aromatic rings. The highest BCUT2D eigenvalue weighted by atomic mass is 79.9. The predicted molar refractivity (Wildman–Crippen MR) is 67.8 cm³/mol. The summed E-state index contributed by atoms with van der Waals surface area (Å²) < 4.78 is 39.3. The molecule has 0 aliphatic heterocycles. The lowest BCUT2D eigenvalue weighted by molar-refractivity contribution is -0.187. The fourth-order valence-corrected chi connectivity index (χ4v) is 2.78. The highest BCUT2D eigenvalue weighted by Gasteiger charge is 2.46. The van der Waals surface area contributed by atoms with Crippen LogP contribution in [0.5, 0.6) is 0 Å². The number of hydrogen-bond donors (Lipinski definition) is 2. The summed E-state index contributed by atoms with van der Waals surface area (Å²) in [5, 5.41) is 2.49. The summed E-state index contributed by atoms with van der Waals surface area (Å²) in [4.78, 5) is 14.6. The molecule has 1 aromatic heterocycles. The van der Waals surface area contributed by atoms with Gasteiger partial charge in [-0.3, -0.25) is 4.79 Å². The zero-order valence-electron chi connectivity index (χ0n) is 10.1. The Kier molecular flexibility index (Phi) is 4.23. The van der Waals surface area contributed by atoms with Crippen molar-refractivity contribution in [2.45, 2.75) is 37.9 Å². The van der Waals surface area contributed by atoms with E-state index in [9.17, 15) is 18.0 Å². The average Bonchev–Trinajstić information content (AvgIpc) is 2.75. The first-order valence-corrected chi connectivity index (χ1v) is 6.88. The number of carbonyl (C=O) groups is 1. The minimum Gasteiger partial charge on any atom is -0.356 e. The number of amides is 1. The van der Waals surface area contributed by atoms with E-state index in [1.165, 1.54) is 0 Å². The number of H-pyrrole nitrogens is 1. The molecule has 7 heteroatoms. The number of carbonyl (C=O) groups excluding carboxylic acids is 1. The van der Waals surface area contributed by atoms with Crippen LogP contribution >= 0.6 is 15.9 Å². The van der Waals surface area contributed by atoms with E-state index in [0.717, 1.165) is 0 Å². The van der Waals surface area contributed by atoms with Crippen molar-refractivity contribution in [3.05, 3.63) is 22.4 Å². The van der Waals surface area contributed by atoms with Crippen molar-refractivity contribution in [2.75, 3.05) is 0 Å². The highest BCUT2D eigenvalue weighted by Crippen LogP contribution is 2.37. The van der Waals surface area contributed by atoms with Gasteiger partial charge in [-0.25, -0.2) is 0 Å². The fraction of sp³-hybridized carbons (Fsp3) is 0.583. The van der Waals surface area contributed by atoms with Gasteiger partial charge in [0.15, 0.2) is 0 Å². The minimum absolute atomic E-state index is 0.0862. The summed E-state index contributed by atoms with van der Waals surface area (Å²) in [6.07, 6.45) is -0.955. The van der Waals surface area contributed by atoms with Gasteiger partial charge in [-0.05, 0) is 34.8 Å². The summed E-state index contributed by atoms with van der Waals surface area (Å²) in [5.41, 5.74) is 0.262. The first-order valence-electron chi connectivity index (χ1n) is 6.09. The summed E-state index contributed by atoms with van der Waals surface area (Å²) >= 11 is 3.18. The second-order valence-corrected chi connectivity index (χ2v) is 5.66. The number of nitrogens with one attached hydrogen (secondary N) is 2. The topological polar surface area (TPSA) is 44.9 Å². The van der Waals surface area contributed by atoms with Gasteiger partial charge < -0.3 is 10.3 Å². The maximum absolute atomic E-state index is 12.9. The van der Waals surface area contributed by atoms with Crippen molar-refractivity contribution < 1.29 is 18.0 Å². The van der Waals surface area contributed by atoms with E-state index in [-0.39, 0.29) is 12.1 Å². The molecule has 0 radical (unpaired) electrons. The third kappa shape index (κ3) is 3.52. The average molecular weight is 339 g/mol. The van der Waals surface area contributed by atoms with E-state index in [1.807, 2.05) is 0 Å². The summed E-state index contributed by atoms with van der Waals surface area (Å²) in [6.45, 7) is 0. The number of aromatic nitrogens is 1. The summed E-state index contributed by atoms with van der Waals surface area (Å²) in [6, 6.07) is 0.712. The zero-order chi connectivity index (χ0) is 14.0. The minimum atomic E-state index is -4.26. The van der Waals surface area contributed by atoms with Crippen LogP contribution in [0.3, 0.4) is 0 Å². The van der Waals surface area contributed by atoms with E-state index in [4.69, 9.17) is 0 Å². The lowest BCUT2D eigenvalue weighted by atomic mass is 9.84. The maximum atomic E-state index is 12.9. The molecule has 0 aromatic carbocycles. The van der Waals surface area contributed by atoms with E-state index >= 15 is 0 Å². The molecule has 1 aliphatic rings. The monoisotopic (exact) mass is 338 g/mol. The van der Waals surface area contributed by atoms with Crippen LogP contribution in [0.2, 0.25) is 0 Å². The van der Waals surface area contributed by atoms with Gasteiger partial charge >= 0.3 is 6.18 Å². The van der Waals surface area contributed by atoms with Crippen LogP contribution in [0.4, 0.5) is 13.2 Å². The van der Waals surface area contributed by atoms with Gasteiger partial charge in [0.05, 0.1) is 5.92 Å². The SMILES string of the molecule is O=C(NC1CCCCC1C(F)(F)F)c1cc(Br)c[nH]1. The number of halogens is 4. The largest absolute Gasteiger partial charge is 0.393 e. The normalized spacial score (nSPS) is 24.2. The first kappa shape index (κ1) is 14.4. The van der Waals surface area contributed by atoms with Crippen molar-refractivity contribution in [3.63, 3.8) is 0 Å². The number of aromatic amines is 1. The Morgan fingerprint density at radius 1 is 1.37 bits per heavy atom. The second-order valence-electron chi connectivity index (χ2n) is 4.74. The van der Waals surface area contributed by atoms with Gasteiger partial charge in [-0.2, -0.15) is 13.2 Å². The van der Waals surface area contributed by atoms with Crippen LogP contribution in [0.1, 0.15) is 36.2 Å². The third-order valence-corrected chi connectivity index (χ3v) is 3.85. The first-order chi connectivity index (χ1) is 8.88. The van der Waals surface area contributed by atoms with Crippen LogP contribution in [-0.4, -0.2) is 23.1 Å². The van der Waals surface area contributed by atoms with Crippen molar-refractivity contribution in [3.8, 4) is 0 Å². The molecule has 3 nitrogen and oxygen atoms in total. The smallest absolute Gasteiger partial charge is 0.356 e. The van der Waals surface area contributed by atoms with Gasteiger partial charge in [0.2, 0.25) is 0 Å². The van der Waals surface area contributed by atoms with E-state index in [1.54, 1.807) is 12.3 Å². The van der Waals surface area contributed by atoms with Gasteiger partial charge in [-0.1, -0.05) is 12.8 Å². The molecule has 19 heavy (non-hydrogen) atoms. The molecule has 1 aliphatic carbocycles. The van der Waals surface area contributed by atoms with E-state index in [0.29, 0.717) is 23.7 Å². The summed E-state index contributed by atoms with van der Waals surface area (Å²) in [7, 11) is 0. The molecule has 106 valence electrons. The molecular weight excluding hydrogens is 325 g/mol. The number of hydrogen-bond acceptors (Lipinski definition) is 1. The van der Waals surface area contributed by atoms with E-state index in [2.05, 4.69) is 26.2 Å². The van der Waals surface area contributed by atoms with Crippen molar-refractivity contribution >= 4 is 21.8 Å². The molecule has 0 spiro atoms. The highest BCUT2D eigenvalue weighted by molar-refractivity contribution is 9.10. The fourth-order valence-electron chi connectivity index (χ4n) is 2.44. The molecule has 1 saturated carbocycles. The molecule has 0 bridgehead atoms. The lowest BCUT2D eigenvalue weighted by Gasteiger charge is -2.33. The molecule has 2 unspecified atom stereocenters. The van der Waals surface area contributed by atoms with Crippen molar-refractivity contribution in [2.24, 2.45) is 5.92 Å². The number of rotatable bonds is 2. The molecule has 1 amide bonds. The van der Waals surface area contributed by atoms with Crippen LogP contribution in [0.15, 0.2) is 16.7 Å². The Labute approximate surface area is 117 Å². The molecule has 2 rings (SSSR count). The van der Waals surface area contributed by atoms with Crippen molar-refractivity contribution in [1.82, 2.24) is 10.3 Å². The third-order valence-electron chi connectivity index (χ3n) is 3.40. The zero-order valence-corrected chi connectivity index (χ0v) is 11.6. The van der Waals surface area contributed by atoms with Gasteiger partial charge in [0, 0.05) is 16.7 Å². The predicted octanol–water partition coefficient (Wildman–Crippen LogP) is 3.63. The standard InChI is InChI=1S/C12H14BrF3N2O/c13-7-5-10(17-6-7)11(19)18-9-4-2-1-3-8(9)12(14,15)16/h5-6,8-9,17H,1-4H2,(H,18,19). The maximum Gasteiger partial charge on any atom is 0.393 e. The molecule has 1 heterocycles. The van der Waals surface area contributed by atoms with E-state index < -0.39 is 24.0 Å². The lowest BCUT2D eigenvalue weighted by Crippen LogP contribution is -2.47. The van der Waals surface area contributed by atoms with Gasteiger partial charge in [-0.15, -0.1) is 0 Å². The Morgan fingerprint density at radius 2 is 2.05 bits per heavy atom. The van der Waals surface area contributed by atoms with Crippen LogP contribution in [0, 0.1) is 5.92 Å². The molecule has 1 fully saturated rings. The molecular formula is C12H14BrF3N2O. The van der Waals surface area contributed by atoms with Crippen molar-refractivity contribution in [1.29, 1.82) is 0 Å². The van der Waals surface area contributed by atoms with Crippen LogP contribution in [0.25, 0.3) is 0 Å². The Balaban J connectivity index is 2.05. The molecule has 0 saturated heterocycles. The number of alkyl halides is 3. The van der Waals surface area contributed by atoms with Gasteiger partial charge in [0.25, 0.3) is 5.91 Å².